The second-order valence-electron chi connectivity index (χ2n) is 6.08. The molecule has 0 aliphatic rings. The zero-order chi connectivity index (χ0) is 18.0. The third-order valence-electron chi connectivity index (χ3n) is 4.15. The highest BCUT2D eigenvalue weighted by Crippen LogP contribution is 2.26. The summed E-state index contributed by atoms with van der Waals surface area (Å²) >= 11 is 0. The van der Waals surface area contributed by atoms with E-state index in [0.29, 0.717) is 17.8 Å². The van der Waals surface area contributed by atoms with Crippen LogP contribution in [0.5, 0.6) is 0 Å². The predicted octanol–water partition coefficient (Wildman–Crippen LogP) is 2.47. The third kappa shape index (κ3) is 3.64. The van der Waals surface area contributed by atoms with Crippen LogP contribution in [0.4, 0.5) is 0 Å². The van der Waals surface area contributed by atoms with Crippen LogP contribution in [0.25, 0.3) is 22.0 Å². The van der Waals surface area contributed by atoms with Gasteiger partial charge in [0.2, 0.25) is 5.91 Å². The zero-order valence-electron chi connectivity index (χ0n) is 14.2. The van der Waals surface area contributed by atoms with Gasteiger partial charge < -0.3 is 10.8 Å². The highest BCUT2D eigenvalue weighted by Gasteiger charge is 2.11. The van der Waals surface area contributed by atoms with Crippen molar-refractivity contribution >= 4 is 16.7 Å². The molecule has 3 aromatic heterocycles. The Balaban J connectivity index is 1.98. The number of fused-ring (bicyclic) bond motifs is 1. The van der Waals surface area contributed by atoms with E-state index in [4.69, 9.17) is 5.73 Å². The second kappa shape index (κ2) is 6.94. The Bertz CT molecular complexity index is 940. The van der Waals surface area contributed by atoms with Gasteiger partial charge in [-0.3, -0.25) is 19.7 Å². The zero-order valence-corrected chi connectivity index (χ0v) is 14.2. The Hall–Kier alpha value is -2.86. The molecular weight excluding hydrogens is 316 g/mol. The van der Waals surface area contributed by atoms with Crippen molar-refractivity contribution < 1.29 is 9.90 Å². The fraction of sp³-hybridized carbons (Fsp3) is 0.263. The SMILES string of the molecule is CCC(O)c1cc(C)c(-c2cc3cnc(CC(N)=O)cc3cn2)cn1. The molecule has 1 unspecified atom stereocenters. The Morgan fingerprint density at radius 3 is 2.52 bits per heavy atom. The molecule has 3 aromatic rings. The summed E-state index contributed by atoms with van der Waals surface area (Å²) in [5.74, 6) is -0.410. The van der Waals surface area contributed by atoms with Gasteiger partial charge in [-0.15, -0.1) is 0 Å². The van der Waals surface area contributed by atoms with E-state index in [-0.39, 0.29) is 6.42 Å². The number of hydrogen-bond acceptors (Lipinski definition) is 5. The second-order valence-corrected chi connectivity index (χ2v) is 6.08. The van der Waals surface area contributed by atoms with E-state index >= 15 is 0 Å². The van der Waals surface area contributed by atoms with Crippen molar-refractivity contribution in [3.63, 3.8) is 0 Å². The van der Waals surface area contributed by atoms with E-state index in [1.807, 2.05) is 32.0 Å². The number of rotatable bonds is 5. The Labute approximate surface area is 145 Å². The van der Waals surface area contributed by atoms with Gasteiger partial charge in [0.1, 0.15) is 0 Å². The molecule has 0 saturated heterocycles. The number of primary amides is 1. The van der Waals surface area contributed by atoms with Gasteiger partial charge >= 0.3 is 0 Å². The number of aromatic nitrogens is 3. The van der Waals surface area contributed by atoms with E-state index < -0.39 is 12.0 Å². The van der Waals surface area contributed by atoms with Crippen LogP contribution >= 0.6 is 0 Å². The lowest BCUT2D eigenvalue weighted by Crippen LogP contribution is -2.14. The summed E-state index contributed by atoms with van der Waals surface area (Å²) in [5, 5.41) is 11.8. The largest absolute Gasteiger partial charge is 0.387 e. The molecule has 0 aromatic carbocycles. The van der Waals surface area contributed by atoms with Gasteiger partial charge in [-0.25, -0.2) is 0 Å². The normalized spacial score (nSPS) is 12.3. The summed E-state index contributed by atoms with van der Waals surface area (Å²) in [5.41, 5.74) is 9.21. The number of aliphatic hydroxyl groups excluding tert-OH is 1. The molecule has 3 rings (SSSR count). The molecule has 3 heterocycles. The first-order valence-corrected chi connectivity index (χ1v) is 8.16. The Morgan fingerprint density at radius 2 is 1.84 bits per heavy atom. The van der Waals surface area contributed by atoms with Gasteiger partial charge in [0, 0.05) is 34.9 Å². The predicted molar refractivity (Wildman–Crippen MR) is 95.7 cm³/mol. The fourth-order valence-corrected chi connectivity index (χ4v) is 2.74. The summed E-state index contributed by atoms with van der Waals surface area (Å²) in [6.07, 6.45) is 5.40. The monoisotopic (exact) mass is 336 g/mol. The number of carbonyl (C=O) groups excluding carboxylic acids is 1. The minimum atomic E-state index is -0.551. The third-order valence-corrected chi connectivity index (χ3v) is 4.15. The average Bonchev–Trinajstić information content (AvgIpc) is 2.60. The number of nitrogens with zero attached hydrogens (tertiary/aromatic N) is 3. The van der Waals surface area contributed by atoms with Gasteiger partial charge in [0.25, 0.3) is 0 Å². The number of pyridine rings is 3. The molecule has 1 amide bonds. The molecular formula is C19H20N4O2. The van der Waals surface area contributed by atoms with Crippen LogP contribution in [0.3, 0.4) is 0 Å². The maximum Gasteiger partial charge on any atom is 0.223 e. The van der Waals surface area contributed by atoms with Crippen molar-refractivity contribution in [3.8, 4) is 11.3 Å². The number of carbonyl (C=O) groups is 1. The number of aryl methyl sites for hydroxylation is 1. The van der Waals surface area contributed by atoms with Crippen LogP contribution < -0.4 is 5.73 Å². The summed E-state index contributed by atoms with van der Waals surface area (Å²) < 4.78 is 0. The van der Waals surface area contributed by atoms with Crippen LogP contribution in [-0.4, -0.2) is 26.0 Å². The van der Waals surface area contributed by atoms with Crippen LogP contribution in [0.15, 0.2) is 36.8 Å². The summed E-state index contributed by atoms with van der Waals surface area (Å²) in [6, 6.07) is 5.66. The van der Waals surface area contributed by atoms with Crippen molar-refractivity contribution in [3.05, 3.63) is 53.7 Å². The smallest absolute Gasteiger partial charge is 0.223 e. The highest BCUT2D eigenvalue weighted by atomic mass is 16.3. The van der Waals surface area contributed by atoms with Crippen LogP contribution in [-0.2, 0) is 11.2 Å². The lowest BCUT2D eigenvalue weighted by Gasteiger charge is -2.11. The molecule has 6 heteroatoms. The van der Waals surface area contributed by atoms with E-state index in [2.05, 4.69) is 15.0 Å². The van der Waals surface area contributed by atoms with E-state index in [1.165, 1.54) is 0 Å². The summed E-state index contributed by atoms with van der Waals surface area (Å²) in [4.78, 5) is 24.2. The minimum absolute atomic E-state index is 0.113. The Morgan fingerprint density at radius 1 is 1.12 bits per heavy atom. The standard InChI is InChI=1S/C19H20N4O2/c1-3-18(24)17-4-11(2)15(10-23-17)16-6-13-8-21-14(7-19(20)25)5-12(13)9-22-16/h4-6,8-10,18,24H,3,7H2,1-2H3,(H2,20,25). The first kappa shape index (κ1) is 17.0. The Kier molecular flexibility index (Phi) is 4.72. The van der Waals surface area contributed by atoms with Crippen LogP contribution in [0.2, 0.25) is 0 Å². The minimum Gasteiger partial charge on any atom is -0.387 e. The quantitative estimate of drug-likeness (QED) is 0.745. The number of nitrogens with two attached hydrogens (primary N) is 1. The molecule has 6 nitrogen and oxygen atoms in total. The van der Waals surface area contributed by atoms with Crippen molar-refractivity contribution in [1.29, 1.82) is 0 Å². The molecule has 0 fully saturated rings. The molecule has 3 N–H and O–H groups in total. The van der Waals surface area contributed by atoms with E-state index in [1.54, 1.807) is 18.6 Å². The molecule has 25 heavy (non-hydrogen) atoms. The maximum absolute atomic E-state index is 11.0. The topological polar surface area (TPSA) is 102 Å². The van der Waals surface area contributed by atoms with Gasteiger partial charge in [0.15, 0.2) is 0 Å². The molecule has 0 aliphatic heterocycles. The van der Waals surface area contributed by atoms with Gasteiger partial charge in [-0.2, -0.15) is 0 Å². The molecule has 1 atom stereocenters. The summed E-state index contributed by atoms with van der Waals surface area (Å²) in [6.45, 7) is 3.89. The lowest BCUT2D eigenvalue weighted by atomic mass is 10.0. The first-order chi connectivity index (χ1) is 12.0. The van der Waals surface area contributed by atoms with Crippen LogP contribution in [0.1, 0.15) is 36.4 Å². The molecule has 0 saturated carbocycles. The van der Waals surface area contributed by atoms with Crippen molar-refractivity contribution in [1.82, 2.24) is 15.0 Å². The fourth-order valence-electron chi connectivity index (χ4n) is 2.74. The van der Waals surface area contributed by atoms with Crippen LogP contribution in [0, 0.1) is 6.92 Å². The van der Waals surface area contributed by atoms with Gasteiger partial charge in [-0.1, -0.05) is 6.92 Å². The summed E-state index contributed by atoms with van der Waals surface area (Å²) in [7, 11) is 0. The molecule has 128 valence electrons. The van der Waals surface area contributed by atoms with Crippen molar-refractivity contribution in [2.75, 3.05) is 0 Å². The van der Waals surface area contributed by atoms with Crippen molar-refractivity contribution in [2.45, 2.75) is 32.8 Å². The highest BCUT2D eigenvalue weighted by molar-refractivity contribution is 5.86. The maximum atomic E-state index is 11.0. The number of hydrogen-bond donors (Lipinski definition) is 2. The molecule has 0 bridgehead atoms. The van der Waals surface area contributed by atoms with Crippen molar-refractivity contribution in [2.24, 2.45) is 5.73 Å². The van der Waals surface area contributed by atoms with E-state index in [9.17, 15) is 9.90 Å². The molecule has 0 radical (unpaired) electrons. The van der Waals surface area contributed by atoms with Gasteiger partial charge in [-0.05, 0) is 37.1 Å². The number of aliphatic hydroxyl groups is 1. The number of amides is 1. The molecule has 0 spiro atoms. The average molecular weight is 336 g/mol. The van der Waals surface area contributed by atoms with E-state index in [0.717, 1.165) is 27.6 Å². The molecule has 0 aliphatic carbocycles. The van der Waals surface area contributed by atoms with Gasteiger partial charge in [0.05, 0.1) is 29.6 Å². The first-order valence-electron chi connectivity index (χ1n) is 8.16. The lowest BCUT2D eigenvalue weighted by molar-refractivity contribution is -0.117.